The van der Waals surface area contributed by atoms with Crippen LogP contribution in [0.1, 0.15) is 31.7 Å². The third-order valence-corrected chi connectivity index (χ3v) is 3.94. The van der Waals surface area contributed by atoms with Crippen LogP contribution in [0.3, 0.4) is 0 Å². The van der Waals surface area contributed by atoms with Crippen LogP contribution in [0, 0.1) is 0 Å². The van der Waals surface area contributed by atoms with Gasteiger partial charge in [0.05, 0.1) is 5.54 Å². The maximum Gasteiger partial charge on any atom is 0.240 e. The number of nitrogens with one attached hydrogen (secondary N) is 2. The zero-order valence-electron chi connectivity index (χ0n) is 11.7. The van der Waals surface area contributed by atoms with Gasteiger partial charge in [0.2, 0.25) is 5.91 Å². The second-order valence-corrected chi connectivity index (χ2v) is 5.79. The van der Waals surface area contributed by atoms with E-state index in [2.05, 4.69) is 10.6 Å². The third kappa shape index (κ3) is 4.65. The second kappa shape index (κ2) is 7.87. The van der Waals surface area contributed by atoms with Gasteiger partial charge in [-0.25, -0.2) is 0 Å². The zero-order valence-corrected chi connectivity index (χ0v) is 13.3. The van der Waals surface area contributed by atoms with Gasteiger partial charge in [0.25, 0.3) is 0 Å². The molecule has 1 aromatic rings. The van der Waals surface area contributed by atoms with Gasteiger partial charge in [0.15, 0.2) is 0 Å². The number of hydrogen-bond acceptors (Lipinski definition) is 2. The average molecular weight is 317 g/mol. The molecule has 1 saturated heterocycles. The Morgan fingerprint density at radius 3 is 2.90 bits per heavy atom. The monoisotopic (exact) mass is 316 g/mol. The summed E-state index contributed by atoms with van der Waals surface area (Å²) >= 11 is 5.93. The number of benzene rings is 1. The molecule has 5 heteroatoms. The molecule has 1 aliphatic rings. The van der Waals surface area contributed by atoms with Gasteiger partial charge in [-0.3, -0.25) is 4.79 Å². The van der Waals surface area contributed by atoms with Gasteiger partial charge in [0.1, 0.15) is 0 Å². The van der Waals surface area contributed by atoms with Crippen molar-refractivity contribution < 1.29 is 4.79 Å². The first-order valence-corrected chi connectivity index (χ1v) is 7.26. The van der Waals surface area contributed by atoms with Crippen LogP contribution in [0.25, 0.3) is 0 Å². The summed E-state index contributed by atoms with van der Waals surface area (Å²) in [6, 6.07) is 7.76. The highest BCUT2D eigenvalue weighted by Crippen LogP contribution is 2.18. The van der Waals surface area contributed by atoms with Crippen molar-refractivity contribution in [2.24, 2.45) is 0 Å². The summed E-state index contributed by atoms with van der Waals surface area (Å²) in [7, 11) is 0. The standard InChI is InChI=1S/C15H21ClN2O.ClH/c1-15(8-2-3-9-18-15)14(19)17-10-7-12-5-4-6-13(16)11-12;/h4-6,11,18H,2-3,7-10H2,1H3,(H,17,19);1H. The number of carbonyl (C=O) groups is 1. The van der Waals surface area contributed by atoms with Crippen molar-refractivity contribution in [1.29, 1.82) is 0 Å². The lowest BCUT2D eigenvalue weighted by molar-refractivity contribution is -0.127. The van der Waals surface area contributed by atoms with E-state index >= 15 is 0 Å². The Morgan fingerprint density at radius 1 is 1.45 bits per heavy atom. The Labute approximate surface area is 131 Å². The van der Waals surface area contributed by atoms with Crippen LogP contribution in [0.5, 0.6) is 0 Å². The highest BCUT2D eigenvalue weighted by atomic mass is 35.5. The first-order valence-electron chi connectivity index (χ1n) is 6.88. The molecule has 1 amide bonds. The van der Waals surface area contributed by atoms with Crippen LogP contribution in [-0.2, 0) is 11.2 Å². The molecule has 0 aromatic heterocycles. The fourth-order valence-corrected chi connectivity index (χ4v) is 2.67. The molecular formula is C15H22Cl2N2O. The Kier molecular flexibility index (Phi) is 6.80. The van der Waals surface area contributed by atoms with E-state index in [1.807, 2.05) is 31.2 Å². The third-order valence-electron chi connectivity index (χ3n) is 3.71. The Hall–Kier alpha value is -0.770. The maximum atomic E-state index is 12.2. The van der Waals surface area contributed by atoms with E-state index in [0.29, 0.717) is 6.54 Å². The normalized spacial score (nSPS) is 21.9. The number of carbonyl (C=O) groups excluding carboxylic acids is 1. The van der Waals surface area contributed by atoms with Crippen LogP contribution in [-0.4, -0.2) is 24.5 Å². The Morgan fingerprint density at radius 2 is 2.25 bits per heavy atom. The van der Waals surface area contributed by atoms with E-state index in [4.69, 9.17) is 11.6 Å². The first-order chi connectivity index (χ1) is 9.10. The molecule has 2 rings (SSSR count). The summed E-state index contributed by atoms with van der Waals surface area (Å²) in [5.41, 5.74) is 0.751. The molecule has 2 N–H and O–H groups in total. The Balaban J connectivity index is 0.00000200. The maximum absolute atomic E-state index is 12.2. The zero-order chi connectivity index (χ0) is 13.7. The SMILES string of the molecule is CC1(C(=O)NCCc2cccc(Cl)c2)CCCCN1.Cl. The molecular weight excluding hydrogens is 295 g/mol. The van der Waals surface area contributed by atoms with E-state index in [9.17, 15) is 4.79 Å². The fraction of sp³-hybridized carbons (Fsp3) is 0.533. The largest absolute Gasteiger partial charge is 0.354 e. The van der Waals surface area contributed by atoms with Crippen molar-refractivity contribution in [2.45, 2.75) is 38.1 Å². The number of piperidine rings is 1. The van der Waals surface area contributed by atoms with Crippen molar-refractivity contribution in [3.63, 3.8) is 0 Å². The predicted octanol–water partition coefficient (Wildman–Crippen LogP) is 2.95. The van der Waals surface area contributed by atoms with Crippen LogP contribution in [0.2, 0.25) is 5.02 Å². The minimum absolute atomic E-state index is 0. The highest BCUT2D eigenvalue weighted by molar-refractivity contribution is 6.30. The van der Waals surface area contributed by atoms with Crippen molar-refractivity contribution >= 4 is 29.9 Å². The van der Waals surface area contributed by atoms with Crippen molar-refractivity contribution in [3.05, 3.63) is 34.9 Å². The van der Waals surface area contributed by atoms with Crippen LogP contribution < -0.4 is 10.6 Å². The summed E-state index contributed by atoms with van der Waals surface area (Å²) < 4.78 is 0. The molecule has 0 radical (unpaired) electrons. The molecule has 0 saturated carbocycles. The molecule has 1 aliphatic heterocycles. The van der Waals surface area contributed by atoms with Gasteiger partial charge in [-0.1, -0.05) is 23.7 Å². The summed E-state index contributed by atoms with van der Waals surface area (Å²) in [4.78, 5) is 12.2. The van der Waals surface area contributed by atoms with E-state index in [1.54, 1.807) is 0 Å². The molecule has 1 aromatic carbocycles. The average Bonchev–Trinajstić information content (AvgIpc) is 2.39. The second-order valence-electron chi connectivity index (χ2n) is 5.35. The molecule has 112 valence electrons. The molecule has 1 atom stereocenters. The van der Waals surface area contributed by atoms with Gasteiger partial charge >= 0.3 is 0 Å². The minimum Gasteiger partial charge on any atom is -0.354 e. The van der Waals surface area contributed by atoms with Crippen molar-refractivity contribution in [1.82, 2.24) is 10.6 Å². The Bertz CT molecular complexity index is 445. The van der Waals surface area contributed by atoms with Gasteiger partial charge in [-0.05, 0) is 56.8 Å². The molecule has 20 heavy (non-hydrogen) atoms. The summed E-state index contributed by atoms with van der Waals surface area (Å²) in [5, 5.41) is 7.08. The van der Waals surface area contributed by atoms with E-state index in [-0.39, 0.29) is 18.3 Å². The number of amides is 1. The van der Waals surface area contributed by atoms with E-state index in [1.165, 1.54) is 0 Å². The predicted molar refractivity (Wildman–Crippen MR) is 85.7 cm³/mol. The number of hydrogen-bond donors (Lipinski definition) is 2. The van der Waals surface area contributed by atoms with Gasteiger partial charge in [0, 0.05) is 11.6 Å². The molecule has 0 aliphatic carbocycles. The lowest BCUT2D eigenvalue weighted by Crippen LogP contribution is -2.57. The lowest BCUT2D eigenvalue weighted by Gasteiger charge is -2.33. The van der Waals surface area contributed by atoms with Gasteiger partial charge in [-0.15, -0.1) is 12.4 Å². The van der Waals surface area contributed by atoms with Gasteiger partial charge in [-0.2, -0.15) is 0 Å². The molecule has 0 spiro atoms. The smallest absolute Gasteiger partial charge is 0.240 e. The van der Waals surface area contributed by atoms with Crippen molar-refractivity contribution in [2.75, 3.05) is 13.1 Å². The topological polar surface area (TPSA) is 41.1 Å². The fourth-order valence-electron chi connectivity index (χ4n) is 2.46. The summed E-state index contributed by atoms with van der Waals surface area (Å²) in [6.07, 6.45) is 4.00. The molecule has 1 unspecified atom stereocenters. The van der Waals surface area contributed by atoms with E-state index in [0.717, 1.165) is 42.8 Å². The molecule has 0 bridgehead atoms. The van der Waals surface area contributed by atoms with E-state index < -0.39 is 5.54 Å². The van der Waals surface area contributed by atoms with Crippen LogP contribution in [0.4, 0.5) is 0 Å². The van der Waals surface area contributed by atoms with Crippen LogP contribution >= 0.6 is 24.0 Å². The molecule has 1 heterocycles. The minimum atomic E-state index is -0.396. The quantitative estimate of drug-likeness (QED) is 0.896. The summed E-state index contributed by atoms with van der Waals surface area (Å²) in [6.45, 7) is 3.57. The molecule has 3 nitrogen and oxygen atoms in total. The summed E-state index contributed by atoms with van der Waals surface area (Å²) in [5.74, 6) is 0.106. The molecule has 1 fully saturated rings. The highest BCUT2D eigenvalue weighted by Gasteiger charge is 2.33. The number of halogens is 2. The van der Waals surface area contributed by atoms with Crippen molar-refractivity contribution in [3.8, 4) is 0 Å². The van der Waals surface area contributed by atoms with Gasteiger partial charge < -0.3 is 10.6 Å². The van der Waals surface area contributed by atoms with Crippen LogP contribution in [0.15, 0.2) is 24.3 Å². The lowest BCUT2D eigenvalue weighted by atomic mass is 9.90. The first kappa shape index (κ1) is 17.3. The number of rotatable bonds is 4.